The van der Waals surface area contributed by atoms with Crippen LogP contribution in [0.2, 0.25) is 0 Å². The third-order valence-electron chi connectivity index (χ3n) is 19.0. The summed E-state index contributed by atoms with van der Waals surface area (Å²) in [5, 5.41) is 19.9. The molecule has 0 bridgehead atoms. The summed E-state index contributed by atoms with van der Waals surface area (Å²) in [7, 11) is -21.0. The number of phosphoric acid groups is 3. The van der Waals surface area contributed by atoms with E-state index in [1.165, 1.54) is 38.4 Å². The summed E-state index contributed by atoms with van der Waals surface area (Å²) < 4.78 is 154. The SMILES string of the molecule is CN(CCCC(=O)NCCSSCCC(=O)NCCNC(=O)c1cccc(OCC(N=[N+]=[N-])OCCOCC(=O)NCC#Cc2cn([C@H]3CC(OCN=[N+]=[N-])[C@@H](COP(=O)(O)OP(=O)(O)OP(=O)(O)O)O3)c3ncnc(N)c23)c1)C(=O)c1ccccc1-c1c2c(cc3c1CCCN3CCCS(=O)(=O)O)Oc1cc3c(cc1=C2)CCC[N+]=3CCCS(=O)(=O)[O-]. The average molecular weight is 1850 g/mol. The number of nitrogens with two attached hydrogens (primary N) is 1. The van der Waals surface area contributed by atoms with E-state index in [4.69, 9.17) is 54.0 Å². The van der Waals surface area contributed by atoms with E-state index in [2.05, 4.69) is 93.4 Å². The number of nitrogens with zero attached hydrogens (tertiary/aromatic N) is 12. The van der Waals surface area contributed by atoms with Crippen LogP contribution >= 0.6 is 45.1 Å². The van der Waals surface area contributed by atoms with Crippen molar-refractivity contribution in [3.8, 4) is 40.2 Å². The van der Waals surface area contributed by atoms with Crippen LogP contribution in [0.1, 0.15) is 101 Å². The number of carbonyl (C=O) groups excluding carboxylic acids is 5. The van der Waals surface area contributed by atoms with Gasteiger partial charge in [-0.3, -0.25) is 33.0 Å². The highest BCUT2D eigenvalue weighted by atomic mass is 33.1. The molecule has 6 heterocycles. The monoisotopic (exact) mass is 1850 g/mol. The molecule has 1 saturated heterocycles. The van der Waals surface area contributed by atoms with Crippen molar-refractivity contribution in [1.29, 1.82) is 0 Å². The number of fused-ring (bicyclic) bond motifs is 5. The molecule has 6 aromatic rings. The highest BCUT2D eigenvalue weighted by Gasteiger charge is 2.44. The molecule has 4 aliphatic rings. The van der Waals surface area contributed by atoms with Crippen LogP contribution < -0.4 is 56.5 Å². The van der Waals surface area contributed by atoms with E-state index >= 15 is 0 Å². The number of nitrogens with one attached hydrogen (secondary N) is 4. The largest absolute Gasteiger partial charge is 0.748 e. The van der Waals surface area contributed by atoms with Gasteiger partial charge in [-0.05, 0) is 96.3 Å². The Labute approximate surface area is 712 Å². The minimum Gasteiger partial charge on any atom is -0.748 e. The minimum atomic E-state index is -5.84. The number of ether oxygens (including phenoxy) is 6. The maximum atomic E-state index is 14.6. The summed E-state index contributed by atoms with van der Waals surface area (Å²) in [6.45, 7) is 0.267. The van der Waals surface area contributed by atoms with Crippen molar-refractivity contribution >= 4 is 123 Å². The number of aryl methyl sites for hydroxylation is 1. The van der Waals surface area contributed by atoms with Gasteiger partial charge in [0.25, 0.3) is 21.9 Å². The molecule has 11 N–H and O–H groups in total. The molecular formula is C72H90N17O27P3S4. The Kier molecular flexibility index (Phi) is 35.1. The number of phosphoric ester groups is 1. The third kappa shape index (κ3) is 29.4. The highest BCUT2D eigenvalue weighted by molar-refractivity contribution is 8.76. The van der Waals surface area contributed by atoms with Crippen LogP contribution in [0.4, 0.5) is 11.5 Å². The van der Waals surface area contributed by atoms with E-state index in [0.717, 1.165) is 64.1 Å². The predicted molar refractivity (Wildman–Crippen MR) is 446 cm³/mol. The zero-order valence-corrected chi connectivity index (χ0v) is 72.0. The van der Waals surface area contributed by atoms with Crippen molar-refractivity contribution in [3.05, 3.63) is 144 Å². The van der Waals surface area contributed by atoms with Crippen LogP contribution in [0.3, 0.4) is 0 Å². The van der Waals surface area contributed by atoms with Gasteiger partial charge in [0, 0.05) is 151 Å². The number of carbonyl (C=O) groups is 5. The van der Waals surface area contributed by atoms with Crippen molar-refractivity contribution in [1.82, 2.24) is 45.3 Å². The lowest BCUT2D eigenvalue weighted by Crippen LogP contribution is -2.39. The van der Waals surface area contributed by atoms with Crippen LogP contribution in [0.15, 0.2) is 89.5 Å². The van der Waals surface area contributed by atoms with E-state index < -0.39 is 112 Å². The van der Waals surface area contributed by atoms with Gasteiger partial charge in [-0.2, -0.15) is 17.0 Å². The minimum absolute atomic E-state index is 0.00607. The summed E-state index contributed by atoms with van der Waals surface area (Å²) >= 11 is 0. The summed E-state index contributed by atoms with van der Waals surface area (Å²) in [6, 6.07) is 19.4. The van der Waals surface area contributed by atoms with Gasteiger partial charge in [0.2, 0.25) is 23.1 Å². The van der Waals surface area contributed by atoms with E-state index in [1.54, 1.807) is 42.3 Å². The molecule has 1 fully saturated rings. The van der Waals surface area contributed by atoms with Crippen molar-refractivity contribution in [3.63, 3.8) is 0 Å². The van der Waals surface area contributed by atoms with Gasteiger partial charge in [0.15, 0.2) is 6.23 Å². The molecule has 0 saturated carbocycles. The summed E-state index contributed by atoms with van der Waals surface area (Å²) in [6.07, 6.45) is 4.12. The van der Waals surface area contributed by atoms with Crippen molar-refractivity contribution in [2.75, 3.05) is 139 Å². The Bertz CT molecular complexity index is 5580. The molecule has 4 unspecified atom stereocenters. The van der Waals surface area contributed by atoms with Gasteiger partial charge in [0.1, 0.15) is 80.4 Å². The lowest BCUT2D eigenvalue weighted by molar-refractivity contribution is -0.126. The Hall–Kier alpha value is -9.33. The van der Waals surface area contributed by atoms with Gasteiger partial charge >= 0.3 is 23.5 Å². The number of nitrogen functional groups attached to an aromatic ring is 1. The summed E-state index contributed by atoms with van der Waals surface area (Å²) in [5.74, 6) is 5.41. The molecule has 51 heteroatoms. The fourth-order valence-electron chi connectivity index (χ4n) is 13.7. The van der Waals surface area contributed by atoms with E-state index in [0.29, 0.717) is 79.7 Å². The molecule has 123 heavy (non-hydrogen) atoms. The third-order valence-corrected chi connectivity index (χ3v) is 26.8. The second-order valence-electron chi connectivity index (χ2n) is 27.8. The topological polar surface area (TPSA) is 624 Å². The Morgan fingerprint density at radius 2 is 1.65 bits per heavy atom. The van der Waals surface area contributed by atoms with Gasteiger partial charge in [-0.15, -0.1) is 0 Å². The molecule has 2 aromatic heterocycles. The molecule has 10 rings (SSSR count). The Morgan fingerprint density at radius 3 is 2.43 bits per heavy atom. The van der Waals surface area contributed by atoms with Gasteiger partial charge in [-0.25, -0.2) is 36.7 Å². The van der Waals surface area contributed by atoms with Gasteiger partial charge < -0.3 is 93.9 Å². The summed E-state index contributed by atoms with van der Waals surface area (Å²) in [5.41, 5.74) is 30.3. The molecule has 664 valence electrons. The van der Waals surface area contributed by atoms with Crippen molar-refractivity contribution < 1.29 is 125 Å². The fourth-order valence-corrected chi connectivity index (χ4v) is 19.6. The van der Waals surface area contributed by atoms with Crippen LogP contribution in [-0.2, 0) is 93.2 Å². The molecular weight excluding hydrogens is 1760 g/mol. The fraction of sp³-hybridized carbons (Fsp3) is 0.472. The number of aromatic nitrogens is 3. The normalized spacial score (nSPS) is 16.6. The predicted octanol–water partition coefficient (Wildman–Crippen LogP) is 4.80. The number of amides is 5. The van der Waals surface area contributed by atoms with Crippen LogP contribution in [0.25, 0.3) is 49.1 Å². The van der Waals surface area contributed by atoms with Gasteiger partial charge in [0.05, 0.1) is 65.4 Å². The second kappa shape index (κ2) is 45.0. The Morgan fingerprint density at radius 1 is 0.870 bits per heavy atom. The standard InChI is InChI=1S/C72H90N17O27P3S4/c1-86(72(94)53-16-3-2-15-52(53)68-54-17-7-26-88(28-10-34-123(105,106)107)57(54)39-59-55(68)37-50-35-47-13-6-25-87(27-9-33-122(102,103)104)56(47)38-58(50)113-59)24-8-18-62(90)78-23-32-121-120-31-19-63(91)77-21-22-79-71(93)48-11-4-14-51(36-48)110-44-65(83-85-75)109-30-29-108-43-64(92)76-20-5-12-49-41-89(70-67(49)69(73)80-45-81-70)66-40-60(111-46-82-84-74)61(114-66)42-112-118(98,99)116-119(100,101)115-117(95,96)97/h2-4,11,14-16,35-39,41,45,60-61,65-66H,6-10,13,17-34,40,42-44,46H2,1H3,(H11-,73,76,77,78,79,80,81,90,91,92,93,95,96,97,98,99,100,101,102,103,104,105,106,107)/t60?,61-,65?,66-/m1/s1. The van der Waals surface area contributed by atoms with Crippen LogP contribution in [0.5, 0.6) is 17.2 Å². The molecule has 0 radical (unpaired) electrons. The molecule has 4 aromatic carbocycles. The van der Waals surface area contributed by atoms with E-state index in [1.807, 2.05) is 24.3 Å². The first-order chi connectivity index (χ1) is 58.6. The maximum absolute atomic E-state index is 14.6. The number of hydrogen-bond donors (Lipinski definition) is 10. The van der Waals surface area contributed by atoms with E-state index in [-0.39, 0.29) is 130 Å². The molecule has 6 atom stereocenters. The first-order valence-electron chi connectivity index (χ1n) is 38.2. The maximum Gasteiger partial charge on any atom is 0.490 e. The highest BCUT2D eigenvalue weighted by Crippen LogP contribution is 2.66. The van der Waals surface area contributed by atoms with Crippen LogP contribution in [0, 0.1) is 11.8 Å². The lowest BCUT2D eigenvalue weighted by Gasteiger charge is -2.35. The molecule has 4 aliphatic heterocycles. The number of rotatable bonds is 47. The average Bonchev–Trinajstić information content (AvgIpc) is 1.03. The quantitative estimate of drug-likeness (QED) is 0.00282. The number of hydrogen-bond acceptors (Lipinski definition) is 30. The first kappa shape index (κ1) is 95.9. The van der Waals surface area contributed by atoms with Crippen molar-refractivity contribution in [2.24, 2.45) is 10.2 Å². The molecule has 0 spiro atoms. The molecule has 44 nitrogen and oxygen atoms in total. The zero-order chi connectivity index (χ0) is 88.5. The lowest BCUT2D eigenvalue weighted by atomic mass is 9.84. The first-order valence-corrected chi connectivity index (χ1v) is 48.4. The van der Waals surface area contributed by atoms with Gasteiger partial charge in [-0.1, -0.05) is 67.9 Å². The van der Waals surface area contributed by atoms with Crippen molar-refractivity contribution in [2.45, 2.75) is 88.9 Å². The Balaban J connectivity index is 0.596. The van der Waals surface area contributed by atoms with E-state index in [9.17, 15) is 78.9 Å². The van der Waals surface area contributed by atoms with Crippen LogP contribution in [-0.4, -0.2) is 242 Å². The number of anilines is 2. The molecule has 5 amide bonds. The molecule has 0 aliphatic carbocycles. The number of azide groups is 2. The zero-order valence-electron chi connectivity index (χ0n) is 66.0. The second-order valence-corrected chi connectivity index (χ2v) is 38.0. The summed E-state index contributed by atoms with van der Waals surface area (Å²) in [4.78, 5) is 121. The number of benzene rings is 4. The smallest absolute Gasteiger partial charge is 0.490 e.